The van der Waals surface area contributed by atoms with Crippen LogP contribution in [0.5, 0.6) is 5.75 Å². The summed E-state index contributed by atoms with van der Waals surface area (Å²) in [7, 11) is -0.658. The van der Waals surface area contributed by atoms with E-state index < -0.39 is 15.2 Å². The van der Waals surface area contributed by atoms with Crippen molar-refractivity contribution in [2.45, 2.75) is 56.1 Å². The van der Waals surface area contributed by atoms with E-state index in [1.807, 2.05) is 12.1 Å². The molecule has 152 valence electrons. The molecule has 0 N–H and O–H groups in total. The van der Waals surface area contributed by atoms with Gasteiger partial charge in [-0.25, -0.2) is 0 Å². The molecule has 0 aromatic heterocycles. The van der Waals surface area contributed by atoms with Gasteiger partial charge in [0.15, 0.2) is 0 Å². The van der Waals surface area contributed by atoms with Gasteiger partial charge in [-0.2, -0.15) is 0 Å². The van der Waals surface area contributed by atoms with Crippen LogP contribution in [0, 0.1) is 0 Å². The molecule has 0 atom stereocenters. The molecule has 1 heterocycles. The largest absolute Gasteiger partial charge is 0.573 e. The first-order chi connectivity index (χ1) is 13.4. The molecule has 2 aromatic carbocycles. The molecule has 28 heavy (non-hydrogen) atoms. The highest BCUT2D eigenvalue weighted by Gasteiger charge is 2.31. The predicted molar refractivity (Wildman–Crippen MR) is 107 cm³/mol. The molecule has 0 spiro atoms. The summed E-state index contributed by atoms with van der Waals surface area (Å²) >= 11 is 0. The number of hydrogen-bond donors (Lipinski definition) is 0. The number of rotatable bonds is 7. The lowest BCUT2D eigenvalue weighted by Gasteiger charge is -2.28. The predicted octanol–water partition coefficient (Wildman–Crippen LogP) is 7.11. The van der Waals surface area contributed by atoms with Crippen molar-refractivity contribution in [2.75, 3.05) is 6.67 Å². The Balaban J connectivity index is 1.55. The van der Waals surface area contributed by atoms with E-state index >= 15 is 0 Å². The van der Waals surface area contributed by atoms with Crippen molar-refractivity contribution in [3.05, 3.63) is 54.1 Å². The molecule has 6 heteroatoms. The van der Waals surface area contributed by atoms with Gasteiger partial charge in [0.05, 0.1) is 6.67 Å². The van der Waals surface area contributed by atoms with E-state index in [1.165, 1.54) is 48.7 Å². The van der Waals surface area contributed by atoms with E-state index in [4.69, 9.17) is 0 Å². The molecule has 3 rings (SSSR count). The van der Waals surface area contributed by atoms with E-state index in [0.717, 1.165) is 24.0 Å². The Morgan fingerprint density at radius 1 is 0.857 bits per heavy atom. The topological polar surface area (TPSA) is 9.23 Å². The molecular weight excluding hydrogens is 384 g/mol. The monoisotopic (exact) mass is 410 g/mol. The molecule has 1 aliphatic rings. The number of halogens is 4. The van der Waals surface area contributed by atoms with Crippen LogP contribution in [-0.2, 0) is 0 Å². The maximum absolute atomic E-state index is 12.3. The second kappa shape index (κ2) is 9.59. The fourth-order valence-corrected chi connectivity index (χ4v) is 7.59. The maximum atomic E-state index is 12.3. The minimum absolute atomic E-state index is 0.186. The molecule has 0 amide bonds. The lowest BCUT2D eigenvalue weighted by molar-refractivity contribution is -0.274. The van der Waals surface area contributed by atoms with E-state index in [9.17, 15) is 17.6 Å². The molecule has 1 fully saturated rings. The molecule has 0 radical (unpaired) electrons. The zero-order chi connectivity index (χ0) is 20.0. The number of alkyl halides is 4. The van der Waals surface area contributed by atoms with Gasteiger partial charge in [0, 0.05) is 8.80 Å². The van der Waals surface area contributed by atoms with Gasteiger partial charge in [-0.3, -0.25) is 4.39 Å². The van der Waals surface area contributed by atoms with Gasteiger partial charge in [0.1, 0.15) is 5.75 Å². The summed E-state index contributed by atoms with van der Waals surface area (Å²) < 4.78 is 52.9. The summed E-state index contributed by atoms with van der Waals surface area (Å²) in [6.45, 7) is -0.186. The van der Waals surface area contributed by atoms with Crippen molar-refractivity contribution in [2.24, 2.45) is 0 Å². The zero-order valence-corrected chi connectivity index (χ0v) is 17.0. The SMILES string of the molecule is FCCCC[SiH]1CCC(c2ccc(-c3ccc(OC(F)(F)F)cc3)cc2)CC1. The van der Waals surface area contributed by atoms with Gasteiger partial charge >= 0.3 is 6.36 Å². The fraction of sp³-hybridized carbons (Fsp3) is 0.455. The molecule has 0 unspecified atom stereocenters. The molecule has 1 aliphatic heterocycles. The number of benzene rings is 2. The molecule has 0 bridgehead atoms. The highest BCUT2D eigenvalue weighted by molar-refractivity contribution is 6.59. The van der Waals surface area contributed by atoms with Crippen LogP contribution in [0.4, 0.5) is 17.6 Å². The first-order valence-electron chi connectivity index (χ1n) is 9.97. The van der Waals surface area contributed by atoms with E-state index in [-0.39, 0.29) is 12.4 Å². The van der Waals surface area contributed by atoms with Gasteiger partial charge in [-0.1, -0.05) is 61.0 Å². The third-order valence-corrected chi connectivity index (χ3v) is 9.17. The first kappa shape index (κ1) is 20.9. The minimum Gasteiger partial charge on any atom is -0.406 e. The third-order valence-electron chi connectivity index (χ3n) is 5.65. The Bertz CT molecular complexity index is 720. The quantitative estimate of drug-likeness (QED) is 0.269. The Morgan fingerprint density at radius 3 is 1.96 bits per heavy atom. The summed E-state index contributed by atoms with van der Waals surface area (Å²) in [6.07, 6.45) is -0.430. The fourth-order valence-electron chi connectivity index (χ4n) is 4.11. The van der Waals surface area contributed by atoms with Gasteiger partial charge in [-0.05, 0) is 54.0 Å². The van der Waals surface area contributed by atoms with Crippen molar-refractivity contribution in [1.82, 2.24) is 0 Å². The summed E-state index contributed by atoms with van der Waals surface area (Å²) in [4.78, 5) is 0. The summed E-state index contributed by atoms with van der Waals surface area (Å²) in [6, 6.07) is 18.3. The lowest BCUT2D eigenvalue weighted by Crippen LogP contribution is -2.20. The highest BCUT2D eigenvalue weighted by Crippen LogP contribution is 2.36. The maximum Gasteiger partial charge on any atom is 0.573 e. The first-order valence-corrected chi connectivity index (χ1v) is 12.4. The molecule has 0 saturated carbocycles. The van der Waals surface area contributed by atoms with Crippen LogP contribution in [0.15, 0.2) is 48.5 Å². The van der Waals surface area contributed by atoms with Crippen LogP contribution in [0.1, 0.15) is 37.2 Å². The van der Waals surface area contributed by atoms with Crippen molar-refractivity contribution < 1.29 is 22.3 Å². The number of ether oxygens (including phenoxy) is 1. The van der Waals surface area contributed by atoms with Gasteiger partial charge < -0.3 is 4.74 Å². The van der Waals surface area contributed by atoms with E-state index in [0.29, 0.717) is 5.92 Å². The average molecular weight is 411 g/mol. The Hall–Kier alpha value is -1.82. The second-order valence-electron chi connectivity index (χ2n) is 7.60. The molecule has 2 aromatic rings. The van der Waals surface area contributed by atoms with Crippen LogP contribution in [-0.4, -0.2) is 21.8 Å². The molecule has 0 aliphatic carbocycles. The van der Waals surface area contributed by atoms with E-state index in [1.54, 1.807) is 12.1 Å². The van der Waals surface area contributed by atoms with Gasteiger partial charge in [0.25, 0.3) is 0 Å². The Morgan fingerprint density at radius 2 is 1.43 bits per heavy atom. The molecular formula is C22H26F4OSi. The Labute approximate surface area is 165 Å². The highest BCUT2D eigenvalue weighted by atomic mass is 28.3. The van der Waals surface area contributed by atoms with Crippen LogP contribution < -0.4 is 4.74 Å². The summed E-state index contributed by atoms with van der Waals surface area (Å²) in [5.74, 6) is 0.391. The smallest absolute Gasteiger partial charge is 0.406 e. The zero-order valence-electron chi connectivity index (χ0n) is 15.9. The van der Waals surface area contributed by atoms with Crippen LogP contribution >= 0.6 is 0 Å². The number of unbranched alkanes of at least 4 members (excludes halogenated alkanes) is 1. The van der Waals surface area contributed by atoms with Gasteiger partial charge in [0.2, 0.25) is 0 Å². The number of hydrogen-bond acceptors (Lipinski definition) is 1. The van der Waals surface area contributed by atoms with Crippen molar-refractivity contribution in [3.63, 3.8) is 0 Å². The molecule has 1 saturated heterocycles. The summed E-state index contributed by atoms with van der Waals surface area (Å²) in [5.41, 5.74) is 3.19. The summed E-state index contributed by atoms with van der Waals surface area (Å²) in [5, 5.41) is 0. The van der Waals surface area contributed by atoms with Crippen LogP contribution in [0.2, 0.25) is 18.1 Å². The average Bonchev–Trinajstić information content (AvgIpc) is 2.68. The minimum atomic E-state index is -4.67. The third kappa shape index (κ3) is 6.09. The Kier molecular flexibility index (Phi) is 7.16. The van der Waals surface area contributed by atoms with Crippen LogP contribution in [0.25, 0.3) is 11.1 Å². The van der Waals surface area contributed by atoms with Crippen molar-refractivity contribution >= 4 is 8.80 Å². The normalized spacial score (nSPS) is 20.1. The van der Waals surface area contributed by atoms with Crippen LogP contribution in [0.3, 0.4) is 0 Å². The standard InChI is InChI=1S/C22H26F4OSi/c23-13-1-2-14-28-15-11-20(12-16-28)18-5-3-17(4-6-18)19-7-9-21(10-8-19)27-22(24,25)26/h3-10,20,28H,1-2,11-16H2. The second-order valence-corrected chi connectivity index (χ2v) is 11.1. The van der Waals surface area contributed by atoms with Crippen molar-refractivity contribution in [1.29, 1.82) is 0 Å². The molecule has 1 nitrogen and oxygen atoms in total. The lowest BCUT2D eigenvalue weighted by atomic mass is 9.92. The van der Waals surface area contributed by atoms with Gasteiger partial charge in [-0.15, -0.1) is 13.2 Å². The van der Waals surface area contributed by atoms with Crippen molar-refractivity contribution in [3.8, 4) is 16.9 Å². The van der Waals surface area contributed by atoms with E-state index in [2.05, 4.69) is 16.9 Å².